The molecule has 0 unspecified atom stereocenters. The Morgan fingerprint density at radius 3 is 2.57 bits per heavy atom. The van der Waals surface area contributed by atoms with Crippen LogP contribution in [0.2, 0.25) is 0 Å². The number of aliphatic imine (C=N–C) groups is 1. The summed E-state index contributed by atoms with van der Waals surface area (Å²) in [6.45, 7) is 0. The van der Waals surface area contributed by atoms with Crippen LogP contribution in [0.5, 0.6) is 0 Å². The molecule has 0 atom stereocenters. The number of fused-ring (bicyclic) bond motifs is 2. The van der Waals surface area contributed by atoms with Crippen molar-refractivity contribution in [1.29, 1.82) is 0 Å². The predicted molar refractivity (Wildman–Crippen MR) is 88.0 cm³/mol. The molecule has 0 radical (unpaired) electrons. The Labute approximate surface area is 124 Å². The lowest BCUT2D eigenvalue weighted by atomic mass is 10.0. The summed E-state index contributed by atoms with van der Waals surface area (Å²) in [6.07, 6.45) is 10.4. The Morgan fingerprint density at radius 1 is 0.857 bits per heavy atom. The third kappa shape index (κ3) is 2.11. The van der Waals surface area contributed by atoms with E-state index in [-0.39, 0.29) is 0 Å². The maximum atomic E-state index is 4.72. The van der Waals surface area contributed by atoms with E-state index >= 15 is 0 Å². The zero-order valence-corrected chi connectivity index (χ0v) is 11.5. The van der Waals surface area contributed by atoms with Gasteiger partial charge in [-0.15, -0.1) is 0 Å². The number of para-hydroxylation sites is 1. The van der Waals surface area contributed by atoms with Crippen LogP contribution in [-0.4, -0.2) is 10.7 Å². The van der Waals surface area contributed by atoms with Crippen molar-refractivity contribution in [2.45, 2.75) is 0 Å². The fraction of sp³-hybridized carbons (Fsp3) is 0. The van der Waals surface area contributed by atoms with E-state index in [4.69, 9.17) is 4.99 Å². The molecule has 0 spiro atoms. The smallest absolute Gasteiger partial charge is 0.137 e. The van der Waals surface area contributed by atoms with E-state index in [0.29, 0.717) is 0 Å². The Morgan fingerprint density at radius 2 is 1.67 bits per heavy atom. The first-order valence-corrected chi connectivity index (χ1v) is 7.01. The van der Waals surface area contributed by atoms with Gasteiger partial charge >= 0.3 is 0 Å². The molecule has 2 nitrogen and oxygen atoms in total. The average molecular weight is 270 g/mol. The summed E-state index contributed by atoms with van der Waals surface area (Å²) in [4.78, 5) is 6.86. The van der Waals surface area contributed by atoms with Crippen molar-refractivity contribution in [2.24, 2.45) is 4.99 Å². The van der Waals surface area contributed by atoms with Gasteiger partial charge in [0, 0.05) is 11.8 Å². The average Bonchev–Trinajstić information content (AvgIpc) is 2.55. The van der Waals surface area contributed by atoms with Crippen LogP contribution < -0.4 is 0 Å². The van der Waals surface area contributed by atoms with E-state index < -0.39 is 0 Å². The van der Waals surface area contributed by atoms with Gasteiger partial charge in [-0.2, -0.15) is 0 Å². The molecule has 0 fully saturated rings. The van der Waals surface area contributed by atoms with Crippen molar-refractivity contribution in [3.8, 4) is 0 Å². The van der Waals surface area contributed by atoms with Crippen LogP contribution in [-0.2, 0) is 0 Å². The monoisotopic (exact) mass is 270 g/mol. The second kappa shape index (κ2) is 4.91. The number of hydrogen-bond donors (Lipinski definition) is 0. The summed E-state index contributed by atoms with van der Waals surface area (Å²) in [7, 11) is 0. The first-order valence-electron chi connectivity index (χ1n) is 7.01. The fourth-order valence-corrected chi connectivity index (χ4v) is 2.62. The lowest BCUT2D eigenvalue weighted by Gasteiger charge is -2.30. The molecule has 0 aliphatic carbocycles. The van der Waals surface area contributed by atoms with E-state index in [1.165, 1.54) is 5.56 Å². The predicted octanol–water partition coefficient (Wildman–Crippen LogP) is 4.61. The number of rotatable bonds is 1. The Bertz CT molecular complexity index is 795. The molecule has 0 saturated carbocycles. The highest BCUT2D eigenvalue weighted by Gasteiger charge is 2.22. The molecule has 2 aromatic rings. The van der Waals surface area contributed by atoms with Gasteiger partial charge in [0.1, 0.15) is 5.84 Å². The molecule has 0 N–H and O–H groups in total. The maximum absolute atomic E-state index is 4.72. The minimum Gasteiger partial charge on any atom is -0.301 e. The molecule has 0 aromatic heterocycles. The van der Waals surface area contributed by atoms with Crippen molar-refractivity contribution in [3.05, 3.63) is 90.2 Å². The summed E-state index contributed by atoms with van der Waals surface area (Å²) >= 11 is 0. The van der Waals surface area contributed by atoms with Crippen LogP contribution in [0, 0.1) is 0 Å². The van der Waals surface area contributed by atoms with Gasteiger partial charge in [0.2, 0.25) is 0 Å². The fourth-order valence-electron chi connectivity index (χ4n) is 2.62. The lowest BCUT2D eigenvalue weighted by molar-refractivity contribution is 0.784. The molecule has 0 bridgehead atoms. The first-order chi connectivity index (χ1) is 10.4. The summed E-state index contributed by atoms with van der Waals surface area (Å²) in [5.74, 6) is 0.957. The summed E-state index contributed by atoms with van der Waals surface area (Å²) in [5.41, 5.74) is 4.52. The van der Waals surface area contributed by atoms with E-state index in [9.17, 15) is 0 Å². The zero-order valence-electron chi connectivity index (χ0n) is 11.5. The lowest BCUT2D eigenvalue weighted by Crippen LogP contribution is -2.26. The Balaban J connectivity index is 1.92. The molecule has 2 heteroatoms. The van der Waals surface area contributed by atoms with Crippen molar-refractivity contribution in [2.75, 3.05) is 0 Å². The number of allylic oxidation sites excluding steroid dienone is 2. The summed E-state index contributed by atoms with van der Waals surface area (Å²) < 4.78 is 0. The molecular formula is C19H14N2. The Hall–Kier alpha value is -2.87. The topological polar surface area (TPSA) is 15.6 Å². The van der Waals surface area contributed by atoms with E-state index in [1.54, 1.807) is 0 Å². The van der Waals surface area contributed by atoms with Crippen LogP contribution in [0.1, 0.15) is 11.1 Å². The molecule has 100 valence electrons. The molecule has 2 heterocycles. The van der Waals surface area contributed by atoms with Crippen molar-refractivity contribution >= 4 is 23.3 Å². The van der Waals surface area contributed by atoms with Crippen LogP contribution in [0.25, 0.3) is 11.8 Å². The third-order valence-corrected chi connectivity index (χ3v) is 3.62. The highest BCUT2D eigenvalue weighted by atomic mass is 15.2. The molecule has 2 aliphatic rings. The van der Waals surface area contributed by atoms with Gasteiger partial charge in [-0.25, -0.2) is 4.99 Å². The van der Waals surface area contributed by atoms with Gasteiger partial charge in [-0.1, -0.05) is 54.6 Å². The quantitative estimate of drug-likeness (QED) is 0.738. The van der Waals surface area contributed by atoms with Crippen LogP contribution in [0.3, 0.4) is 0 Å². The minimum atomic E-state index is 0.957. The number of hydrogen-bond acceptors (Lipinski definition) is 2. The standard InChI is InChI=1S/C19H14N2/c1-2-8-15(9-3-1)14-18-16-10-4-5-11-17(16)20-19-12-6-7-13-21(18)19/h1-14H. The normalized spacial score (nSPS) is 17.4. The van der Waals surface area contributed by atoms with Gasteiger partial charge in [-0.05, 0) is 29.9 Å². The second-order valence-electron chi connectivity index (χ2n) is 5.00. The van der Waals surface area contributed by atoms with Crippen LogP contribution >= 0.6 is 0 Å². The molecule has 4 rings (SSSR count). The van der Waals surface area contributed by atoms with Crippen LogP contribution in [0.15, 0.2) is 84.0 Å². The Kier molecular flexibility index (Phi) is 2.79. The second-order valence-corrected chi connectivity index (χ2v) is 5.00. The van der Waals surface area contributed by atoms with E-state index in [2.05, 4.69) is 59.6 Å². The van der Waals surface area contributed by atoms with Crippen molar-refractivity contribution in [1.82, 2.24) is 4.90 Å². The largest absolute Gasteiger partial charge is 0.301 e. The van der Waals surface area contributed by atoms with Gasteiger partial charge in [0.05, 0.1) is 11.4 Å². The highest BCUT2D eigenvalue weighted by molar-refractivity contribution is 6.08. The first kappa shape index (κ1) is 11.9. The van der Waals surface area contributed by atoms with Crippen molar-refractivity contribution in [3.63, 3.8) is 0 Å². The van der Waals surface area contributed by atoms with E-state index in [0.717, 1.165) is 22.8 Å². The van der Waals surface area contributed by atoms with Gasteiger partial charge < -0.3 is 4.90 Å². The minimum absolute atomic E-state index is 0.957. The third-order valence-electron chi connectivity index (χ3n) is 3.62. The zero-order chi connectivity index (χ0) is 14.1. The molecule has 2 aromatic carbocycles. The number of nitrogens with zero attached hydrogens (tertiary/aromatic N) is 2. The molecule has 2 aliphatic heterocycles. The van der Waals surface area contributed by atoms with E-state index in [1.807, 2.05) is 30.4 Å². The van der Waals surface area contributed by atoms with Gasteiger partial charge in [0.15, 0.2) is 0 Å². The summed E-state index contributed by atoms with van der Waals surface area (Å²) in [5, 5.41) is 0. The van der Waals surface area contributed by atoms with Gasteiger partial charge in [0.25, 0.3) is 0 Å². The molecular weight excluding hydrogens is 256 g/mol. The van der Waals surface area contributed by atoms with Crippen LogP contribution in [0.4, 0.5) is 5.69 Å². The molecule has 0 saturated heterocycles. The highest BCUT2D eigenvalue weighted by Crippen LogP contribution is 2.36. The van der Waals surface area contributed by atoms with Gasteiger partial charge in [-0.3, -0.25) is 0 Å². The molecule has 21 heavy (non-hydrogen) atoms. The SMILES string of the molecule is C1=CC2=Nc3ccccc3C(=Cc3ccccc3)N2C=C1. The summed E-state index contributed by atoms with van der Waals surface area (Å²) in [6, 6.07) is 18.6. The number of amidine groups is 1. The number of benzene rings is 2. The molecule has 0 amide bonds. The van der Waals surface area contributed by atoms with Crippen molar-refractivity contribution < 1.29 is 0 Å². The maximum Gasteiger partial charge on any atom is 0.137 e.